The Hall–Kier alpha value is -2.23. The van der Waals surface area contributed by atoms with Crippen LogP contribution in [0.3, 0.4) is 0 Å². The maximum Gasteiger partial charge on any atom is 0.243 e. The summed E-state index contributed by atoms with van der Waals surface area (Å²) in [7, 11) is -3.81. The quantitative estimate of drug-likeness (QED) is 0.763. The maximum atomic E-state index is 13.3. The van der Waals surface area contributed by atoms with Crippen LogP contribution < -0.4 is 10.2 Å². The van der Waals surface area contributed by atoms with Crippen LogP contribution in [-0.4, -0.2) is 43.2 Å². The van der Waals surface area contributed by atoms with Gasteiger partial charge in [-0.3, -0.25) is 9.59 Å². The largest absolute Gasteiger partial charge is 0.350 e. The Kier molecular flexibility index (Phi) is 5.69. The van der Waals surface area contributed by atoms with Crippen LogP contribution in [0.2, 0.25) is 0 Å². The number of hydrogen-bond donors (Lipinski definition) is 1. The molecule has 1 fully saturated rings. The third-order valence-corrected chi connectivity index (χ3v) is 8.52. The van der Waals surface area contributed by atoms with Crippen molar-refractivity contribution in [1.29, 1.82) is 0 Å². The van der Waals surface area contributed by atoms with Gasteiger partial charge in [-0.1, -0.05) is 6.07 Å². The van der Waals surface area contributed by atoms with Crippen LogP contribution in [0, 0.1) is 0 Å². The zero-order chi connectivity index (χ0) is 21.5. The Morgan fingerprint density at radius 2 is 2.07 bits per heavy atom. The lowest BCUT2D eigenvalue weighted by atomic mass is 10.1. The molecule has 1 saturated heterocycles. The summed E-state index contributed by atoms with van der Waals surface area (Å²) < 4.78 is 28.0. The third kappa shape index (κ3) is 3.77. The van der Waals surface area contributed by atoms with E-state index in [0.29, 0.717) is 32.4 Å². The van der Waals surface area contributed by atoms with E-state index in [2.05, 4.69) is 5.32 Å². The lowest BCUT2D eigenvalue weighted by Gasteiger charge is -2.24. The van der Waals surface area contributed by atoms with Gasteiger partial charge in [-0.05, 0) is 61.4 Å². The van der Waals surface area contributed by atoms with Gasteiger partial charge in [-0.15, -0.1) is 11.3 Å². The summed E-state index contributed by atoms with van der Waals surface area (Å²) in [6.45, 7) is 4.19. The molecular weight excluding hydrogens is 422 g/mol. The molecule has 160 valence electrons. The first kappa shape index (κ1) is 21.0. The summed E-state index contributed by atoms with van der Waals surface area (Å²) in [6.07, 6.45) is 1.77. The van der Waals surface area contributed by atoms with Gasteiger partial charge < -0.3 is 10.2 Å². The number of hydrogen-bond acceptors (Lipinski definition) is 5. The van der Waals surface area contributed by atoms with Crippen molar-refractivity contribution in [3.63, 3.8) is 0 Å². The number of sulfonamides is 1. The molecule has 0 spiro atoms. The molecule has 7 nitrogen and oxygen atoms in total. The Morgan fingerprint density at radius 3 is 2.77 bits per heavy atom. The minimum Gasteiger partial charge on any atom is -0.350 e. The number of carbonyl (C=O) groups is 2. The van der Waals surface area contributed by atoms with Crippen LogP contribution in [0.5, 0.6) is 0 Å². The topological polar surface area (TPSA) is 86.8 Å². The summed E-state index contributed by atoms with van der Waals surface area (Å²) in [4.78, 5) is 27.6. The Balaban J connectivity index is 1.55. The van der Waals surface area contributed by atoms with Crippen LogP contribution >= 0.6 is 11.3 Å². The van der Waals surface area contributed by atoms with Crippen molar-refractivity contribution < 1.29 is 18.0 Å². The van der Waals surface area contributed by atoms with Gasteiger partial charge in [-0.2, -0.15) is 4.31 Å². The molecule has 3 heterocycles. The first-order chi connectivity index (χ1) is 14.3. The fourth-order valence-corrected chi connectivity index (χ4v) is 6.73. The second-order valence-electron chi connectivity index (χ2n) is 7.80. The highest BCUT2D eigenvalue weighted by Crippen LogP contribution is 2.35. The van der Waals surface area contributed by atoms with E-state index in [9.17, 15) is 18.0 Å². The molecule has 9 heteroatoms. The molecule has 0 unspecified atom stereocenters. The minimum absolute atomic E-state index is 0.00183. The van der Waals surface area contributed by atoms with Gasteiger partial charge in [0.1, 0.15) is 6.04 Å². The Labute approximate surface area is 180 Å². The smallest absolute Gasteiger partial charge is 0.243 e. The number of thiophene rings is 1. The second-order valence-corrected chi connectivity index (χ2v) is 10.7. The molecule has 2 aromatic rings. The van der Waals surface area contributed by atoms with Crippen molar-refractivity contribution in [2.24, 2.45) is 0 Å². The third-order valence-electron chi connectivity index (χ3n) is 5.74. The zero-order valence-corrected chi connectivity index (χ0v) is 18.6. The standard InChI is InChI=1S/C21H25N3O4S2/c1-14-11-16-12-18(7-8-19(16)24(14)15(2)25)30(27,28)23-9-3-6-20(23)21(26)22-13-17-5-4-10-29-17/h4-5,7-8,10,12,14,20H,3,6,9,11,13H2,1-2H3,(H,22,26)/t14-,20+/m1/s1. The molecule has 0 radical (unpaired) electrons. The van der Waals surface area contributed by atoms with Crippen LogP contribution in [0.1, 0.15) is 37.1 Å². The normalized spacial score (nSPS) is 21.6. The van der Waals surface area contributed by atoms with Crippen molar-refractivity contribution in [3.05, 3.63) is 46.2 Å². The number of nitrogens with zero attached hydrogens (tertiary/aromatic N) is 2. The van der Waals surface area contributed by atoms with Gasteiger partial charge in [0.2, 0.25) is 21.8 Å². The highest BCUT2D eigenvalue weighted by Gasteiger charge is 2.40. The zero-order valence-electron chi connectivity index (χ0n) is 17.0. The molecule has 2 amide bonds. The monoisotopic (exact) mass is 447 g/mol. The number of anilines is 1. The van der Waals surface area contributed by atoms with Gasteiger partial charge in [0.05, 0.1) is 11.4 Å². The van der Waals surface area contributed by atoms with E-state index in [1.165, 1.54) is 11.2 Å². The summed E-state index contributed by atoms with van der Waals surface area (Å²) in [5.74, 6) is -0.319. The highest BCUT2D eigenvalue weighted by atomic mass is 32.2. The number of benzene rings is 1. The van der Waals surface area contributed by atoms with E-state index in [0.717, 1.165) is 16.1 Å². The maximum absolute atomic E-state index is 13.3. The van der Waals surface area contributed by atoms with Gasteiger partial charge in [0.25, 0.3) is 0 Å². The molecule has 1 N–H and O–H groups in total. The van der Waals surface area contributed by atoms with Crippen molar-refractivity contribution in [2.45, 2.75) is 56.6 Å². The number of fused-ring (bicyclic) bond motifs is 1. The van der Waals surface area contributed by atoms with Crippen LogP contribution in [0.4, 0.5) is 5.69 Å². The Bertz CT molecular complexity index is 1070. The molecule has 2 aliphatic rings. The molecular formula is C21H25N3O4S2. The summed E-state index contributed by atoms with van der Waals surface area (Å²) in [5.41, 5.74) is 1.61. The van der Waals surface area contributed by atoms with Crippen LogP contribution in [-0.2, 0) is 32.6 Å². The van der Waals surface area contributed by atoms with Gasteiger partial charge in [0, 0.05) is 30.1 Å². The van der Waals surface area contributed by atoms with E-state index < -0.39 is 16.1 Å². The average Bonchev–Trinajstić information content (AvgIpc) is 3.43. The predicted molar refractivity (Wildman–Crippen MR) is 116 cm³/mol. The summed E-state index contributed by atoms with van der Waals surface area (Å²) in [6, 6.07) is 8.05. The average molecular weight is 448 g/mol. The lowest BCUT2D eigenvalue weighted by Crippen LogP contribution is -2.45. The second kappa shape index (κ2) is 8.13. The summed E-state index contributed by atoms with van der Waals surface area (Å²) in [5, 5.41) is 4.81. The molecule has 2 atom stereocenters. The van der Waals surface area contributed by atoms with Gasteiger partial charge in [-0.25, -0.2) is 8.42 Å². The summed E-state index contributed by atoms with van der Waals surface area (Å²) >= 11 is 1.55. The van der Waals surface area contributed by atoms with Crippen molar-refractivity contribution >= 4 is 38.9 Å². The molecule has 4 rings (SSSR count). The van der Waals surface area contributed by atoms with E-state index in [4.69, 9.17) is 0 Å². The first-order valence-electron chi connectivity index (χ1n) is 10.0. The Morgan fingerprint density at radius 1 is 1.27 bits per heavy atom. The fourth-order valence-electron chi connectivity index (χ4n) is 4.38. The SMILES string of the molecule is CC(=O)N1c2ccc(S(=O)(=O)N3CCC[C@H]3C(=O)NCc3cccs3)cc2C[C@H]1C. The lowest BCUT2D eigenvalue weighted by molar-refractivity contribution is -0.124. The van der Waals surface area contributed by atoms with Crippen molar-refractivity contribution in [2.75, 3.05) is 11.4 Å². The first-order valence-corrected chi connectivity index (χ1v) is 12.4. The molecule has 1 aromatic carbocycles. The molecule has 30 heavy (non-hydrogen) atoms. The van der Waals surface area contributed by atoms with Crippen LogP contribution in [0.15, 0.2) is 40.6 Å². The van der Waals surface area contributed by atoms with E-state index in [1.54, 1.807) is 34.4 Å². The number of amides is 2. The van der Waals surface area contributed by atoms with Gasteiger partial charge >= 0.3 is 0 Å². The molecule has 1 aromatic heterocycles. The van der Waals surface area contributed by atoms with Gasteiger partial charge in [0.15, 0.2) is 0 Å². The predicted octanol–water partition coefficient (Wildman–Crippen LogP) is 2.52. The fraction of sp³-hybridized carbons (Fsp3) is 0.429. The van der Waals surface area contributed by atoms with E-state index in [1.807, 2.05) is 24.4 Å². The molecule has 0 aliphatic carbocycles. The molecule has 0 bridgehead atoms. The number of nitrogens with one attached hydrogen (secondary N) is 1. The van der Waals surface area contributed by atoms with Crippen molar-refractivity contribution in [3.8, 4) is 0 Å². The van der Waals surface area contributed by atoms with E-state index >= 15 is 0 Å². The highest BCUT2D eigenvalue weighted by molar-refractivity contribution is 7.89. The number of carbonyl (C=O) groups excluding carboxylic acids is 2. The van der Waals surface area contributed by atoms with Crippen molar-refractivity contribution in [1.82, 2.24) is 9.62 Å². The van der Waals surface area contributed by atoms with Crippen LogP contribution in [0.25, 0.3) is 0 Å². The number of rotatable bonds is 5. The molecule has 2 aliphatic heterocycles. The minimum atomic E-state index is -3.81. The van der Waals surface area contributed by atoms with E-state index in [-0.39, 0.29) is 22.8 Å². The molecule has 0 saturated carbocycles.